The second-order valence-electron chi connectivity index (χ2n) is 12.7. The van der Waals surface area contributed by atoms with Gasteiger partial charge in [0, 0.05) is 91.7 Å². The van der Waals surface area contributed by atoms with E-state index in [0.717, 1.165) is 83.5 Å². The van der Waals surface area contributed by atoms with Crippen LogP contribution in [0.15, 0.2) is 66.9 Å². The van der Waals surface area contributed by atoms with Crippen LogP contribution in [0.4, 0.5) is 0 Å². The molecule has 0 unspecified atom stereocenters. The Morgan fingerprint density at radius 2 is 1.55 bits per heavy atom. The number of carbonyl (C=O) groups is 1. The average molecular weight is 700 g/mol. The zero-order valence-electron chi connectivity index (χ0n) is 27.7. The number of hydrogen-bond acceptors (Lipinski definition) is 7. The lowest BCUT2D eigenvalue weighted by Gasteiger charge is -2.15. The van der Waals surface area contributed by atoms with Gasteiger partial charge in [-0.2, -0.15) is 0 Å². The van der Waals surface area contributed by atoms with E-state index in [4.69, 9.17) is 42.6 Å². The first-order chi connectivity index (χ1) is 23.9. The van der Waals surface area contributed by atoms with Crippen molar-refractivity contribution in [2.75, 3.05) is 26.8 Å². The van der Waals surface area contributed by atoms with Crippen LogP contribution in [0.1, 0.15) is 36.8 Å². The molecule has 3 N–H and O–H groups in total. The average Bonchev–Trinajstić information content (AvgIpc) is 3.86. The Hall–Kier alpha value is -3.99. The minimum atomic E-state index is 0.107. The number of fused-ring (bicyclic) bond motifs is 1. The van der Waals surface area contributed by atoms with E-state index in [2.05, 4.69) is 32.8 Å². The molecule has 0 saturated carbocycles. The number of aryl methyl sites for hydroxylation is 1. The molecule has 1 amide bonds. The van der Waals surface area contributed by atoms with Crippen molar-refractivity contribution in [3.63, 3.8) is 0 Å². The molecule has 2 atom stereocenters. The molecule has 2 fully saturated rings. The molecule has 11 heteroatoms. The quantitative estimate of drug-likeness (QED) is 0.130. The van der Waals surface area contributed by atoms with Gasteiger partial charge in [0.2, 0.25) is 11.8 Å². The highest BCUT2D eigenvalue weighted by Gasteiger charge is 2.21. The van der Waals surface area contributed by atoms with Crippen LogP contribution in [0.3, 0.4) is 0 Å². The fraction of sp³-hybridized carbons (Fsp3) is 0.342. The first-order valence-corrected chi connectivity index (χ1v) is 17.5. The largest absolute Gasteiger partial charge is 0.481 e. The summed E-state index contributed by atoms with van der Waals surface area (Å²) in [5.74, 6) is 0.627. The summed E-state index contributed by atoms with van der Waals surface area (Å²) < 4.78 is 13.5. The molecule has 0 bridgehead atoms. The van der Waals surface area contributed by atoms with Crippen LogP contribution in [0.2, 0.25) is 10.0 Å². The summed E-state index contributed by atoms with van der Waals surface area (Å²) in [5, 5.41) is 12.2. The van der Waals surface area contributed by atoms with Crippen LogP contribution in [0, 0.1) is 0 Å². The maximum atomic E-state index is 11.5. The fourth-order valence-corrected chi connectivity index (χ4v) is 7.46. The number of nitrogens with one attached hydrogen (secondary N) is 3. The molecule has 0 radical (unpaired) electrons. The van der Waals surface area contributed by atoms with Crippen molar-refractivity contribution < 1.29 is 14.3 Å². The Bertz CT molecular complexity index is 1990. The lowest BCUT2D eigenvalue weighted by Crippen LogP contribution is -2.35. The lowest BCUT2D eigenvalue weighted by molar-refractivity contribution is -0.119. The zero-order chi connectivity index (χ0) is 33.9. The molecular formula is C38H40Cl2N6O3. The van der Waals surface area contributed by atoms with E-state index in [1.54, 1.807) is 7.11 Å². The van der Waals surface area contributed by atoms with Crippen LogP contribution in [-0.2, 0) is 29.7 Å². The van der Waals surface area contributed by atoms with Gasteiger partial charge in [-0.1, -0.05) is 65.7 Å². The highest BCUT2D eigenvalue weighted by Crippen LogP contribution is 2.42. The highest BCUT2D eigenvalue weighted by atomic mass is 35.5. The summed E-state index contributed by atoms with van der Waals surface area (Å²) in [6.45, 7) is 3.72. The number of pyridine rings is 2. The number of hydrogen-bond donors (Lipinski definition) is 3. The summed E-state index contributed by atoms with van der Waals surface area (Å²) in [5.41, 5.74) is 7.72. The first kappa shape index (κ1) is 33.5. The molecule has 5 aromatic rings. The van der Waals surface area contributed by atoms with Gasteiger partial charge in [0.25, 0.3) is 0 Å². The van der Waals surface area contributed by atoms with Crippen molar-refractivity contribution in [2.24, 2.45) is 7.05 Å². The Kier molecular flexibility index (Phi) is 10.2. The van der Waals surface area contributed by atoms with Crippen LogP contribution >= 0.6 is 23.2 Å². The third-order valence-corrected chi connectivity index (χ3v) is 10.2. The third-order valence-electron chi connectivity index (χ3n) is 9.38. The van der Waals surface area contributed by atoms with Gasteiger partial charge in [0.15, 0.2) is 0 Å². The number of halogens is 2. The summed E-state index contributed by atoms with van der Waals surface area (Å²) in [4.78, 5) is 21.4. The number of methoxy groups -OCH3 is 1. The number of carbonyl (C=O) groups excluding carboxylic acids is 1. The molecule has 7 rings (SSSR count). The molecule has 2 saturated heterocycles. The predicted molar refractivity (Wildman–Crippen MR) is 195 cm³/mol. The summed E-state index contributed by atoms with van der Waals surface area (Å²) in [7, 11) is 3.64. The van der Waals surface area contributed by atoms with Crippen molar-refractivity contribution in [3.05, 3.63) is 88.0 Å². The smallest absolute Gasteiger partial charge is 0.220 e. The first-order valence-electron chi connectivity index (χ1n) is 16.8. The molecule has 5 heterocycles. The van der Waals surface area contributed by atoms with E-state index < -0.39 is 0 Å². The topological polar surface area (TPSA) is 102 Å². The van der Waals surface area contributed by atoms with Gasteiger partial charge in [-0.25, -0.2) is 9.97 Å². The standard InChI is InChI=1S/C38H40Cl2N6O3/c1-46-22-24(19-42-21-26-6-5-17-49-26)27-13-15-32(44-37(27)46)30-9-3-7-28(35(30)39)29-8-4-10-31(36(29)40)33-14-11-23(38(45-33)48-2)18-41-20-25-12-16-34(47)43-25/h3-4,7-11,13-15,22,25-26,41-42H,5-6,12,16-21H2,1-2H3,(H,43,47)/t25-,26-/m1/s1. The minimum absolute atomic E-state index is 0.107. The van der Waals surface area contributed by atoms with Gasteiger partial charge in [0.1, 0.15) is 5.65 Å². The van der Waals surface area contributed by atoms with E-state index in [1.165, 1.54) is 5.56 Å². The molecule has 49 heavy (non-hydrogen) atoms. The maximum Gasteiger partial charge on any atom is 0.220 e. The van der Waals surface area contributed by atoms with E-state index in [9.17, 15) is 4.79 Å². The van der Waals surface area contributed by atoms with Crippen molar-refractivity contribution >= 4 is 40.1 Å². The van der Waals surface area contributed by atoms with Gasteiger partial charge in [-0.05, 0) is 43.0 Å². The van der Waals surface area contributed by atoms with Crippen LogP contribution < -0.4 is 20.7 Å². The maximum absolute atomic E-state index is 11.5. The van der Waals surface area contributed by atoms with Crippen molar-refractivity contribution in [1.29, 1.82) is 0 Å². The Labute approximate surface area is 296 Å². The third kappa shape index (κ3) is 7.18. The van der Waals surface area contributed by atoms with Crippen LogP contribution in [0.25, 0.3) is 44.7 Å². The summed E-state index contributed by atoms with van der Waals surface area (Å²) in [6.07, 6.45) is 6.11. The second-order valence-corrected chi connectivity index (χ2v) is 13.5. The molecule has 9 nitrogen and oxygen atoms in total. The molecule has 2 aliphatic heterocycles. The molecule has 3 aromatic heterocycles. The molecule has 0 aliphatic carbocycles. The Morgan fingerprint density at radius 3 is 2.22 bits per heavy atom. The van der Waals surface area contributed by atoms with E-state index >= 15 is 0 Å². The number of nitrogens with zero attached hydrogens (tertiary/aromatic N) is 3. The fourth-order valence-electron chi connectivity index (χ4n) is 6.81. The molecule has 2 aliphatic rings. The summed E-state index contributed by atoms with van der Waals surface area (Å²) >= 11 is 14.3. The van der Waals surface area contributed by atoms with Gasteiger partial charge >= 0.3 is 0 Å². The molecule has 254 valence electrons. The Balaban J connectivity index is 1.12. The van der Waals surface area contributed by atoms with Crippen molar-refractivity contribution in [3.8, 4) is 39.5 Å². The SMILES string of the molecule is COc1nc(-c2cccc(-c3cccc(-c4ccc5c(CNC[C@H]6CCCO6)cn(C)c5n4)c3Cl)c2Cl)ccc1CNC[C@H]1CCC(=O)N1. The Morgan fingerprint density at radius 1 is 0.878 bits per heavy atom. The monoisotopic (exact) mass is 698 g/mol. The number of aromatic nitrogens is 3. The zero-order valence-corrected chi connectivity index (χ0v) is 29.2. The minimum Gasteiger partial charge on any atom is -0.481 e. The van der Waals surface area contributed by atoms with E-state index in [1.807, 2.05) is 61.6 Å². The van der Waals surface area contributed by atoms with Crippen LogP contribution in [-0.4, -0.2) is 59.4 Å². The van der Waals surface area contributed by atoms with Crippen molar-refractivity contribution in [2.45, 2.75) is 50.9 Å². The second kappa shape index (κ2) is 14.9. The van der Waals surface area contributed by atoms with Gasteiger partial charge in [0.05, 0.1) is 34.6 Å². The number of benzene rings is 2. The molecule has 0 spiro atoms. The van der Waals surface area contributed by atoms with Crippen LogP contribution in [0.5, 0.6) is 5.88 Å². The summed E-state index contributed by atoms with van der Waals surface area (Å²) in [6, 6.07) is 20.1. The number of ether oxygens (including phenoxy) is 2. The van der Waals surface area contributed by atoms with Gasteiger partial charge in [-0.3, -0.25) is 4.79 Å². The molecule has 2 aromatic carbocycles. The van der Waals surface area contributed by atoms with E-state index in [0.29, 0.717) is 47.2 Å². The van der Waals surface area contributed by atoms with Gasteiger partial charge < -0.3 is 30.0 Å². The molecular weight excluding hydrogens is 659 g/mol. The number of amides is 1. The predicted octanol–water partition coefficient (Wildman–Crippen LogP) is 6.92. The van der Waals surface area contributed by atoms with Crippen molar-refractivity contribution in [1.82, 2.24) is 30.5 Å². The number of rotatable bonds is 12. The lowest BCUT2D eigenvalue weighted by atomic mass is 9.98. The highest BCUT2D eigenvalue weighted by molar-refractivity contribution is 6.39. The normalized spacial score (nSPS) is 17.6. The van der Waals surface area contributed by atoms with E-state index in [-0.39, 0.29) is 11.9 Å². The van der Waals surface area contributed by atoms with Gasteiger partial charge in [-0.15, -0.1) is 0 Å².